The van der Waals surface area contributed by atoms with Crippen molar-refractivity contribution in [2.24, 2.45) is 11.8 Å². The van der Waals surface area contributed by atoms with Gasteiger partial charge in [-0.1, -0.05) is 46.4 Å². The summed E-state index contributed by atoms with van der Waals surface area (Å²) in [6.07, 6.45) is 6.23. The number of hydrogen-bond acceptors (Lipinski definition) is 6. The fourth-order valence-corrected chi connectivity index (χ4v) is 7.44. The zero-order chi connectivity index (χ0) is 29.5. The first-order chi connectivity index (χ1) is 20.3. The lowest BCUT2D eigenvalue weighted by Crippen LogP contribution is -2.46. The Morgan fingerprint density at radius 1 is 0.881 bits per heavy atom. The normalized spacial score (nSPS) is 22.4. The minimum atomic E-state index is -0.111. The lowest BCUT2D eigenvalue weighted by atomic mass is 9.78. The van der Waals surface area contributed by atoms with Crippen LogP contribution in [0.1, 0.15) is 54.1 Å². The summed E-state index contributed by atoms with van der Waals surface area (Å²) in [5, 5.41) is 10.1. The van der Waals surface area contributed by atoms with Crippen LogP contribution in [0.15, 0.2) is 36.5 Å². The summed E-state index contributed by atoms with van der Waals surface area (Å²) >= 11 is 18.8. The van der Waals surface area contributed by atoms with Crippen molar-refractivity contribution in [2.45, 2.75) is 44.1 Å². The molecular formula is C30H32Cl3N5O4. The van der Waals surface area contributed by atoms with Crippen LogP contribution < -0.4 is 9.47 Å². The number of nitrogens with zero attached hydrogens (tertiary/aromatic N) is 5. The number of carbonyl (C=O) groups is 2. The molecule has 0 N–H and O–H groups in total. The topological polar surface area (TPSA) is 89.8 Å². The zero-order valence-electron chi connectivity index (χ0n) is 23.4. The van der Waals surface area contributed by atoms with Crippen LogP contribution in [0.3, 0.4) is 0 Å². The summed E-state index contributed by atoms with van der Waals surface area (Å²) < 4.78 is 12.3. The number of benzene rings is 2. The first-order valence-electron chi connectivity index (χ1n) is 14.2. The highest BCUT2D eigenvalue weighted by molar-refractivity contribution is 6.43. The summed E-state index contributed by atoms with van der Waals surface area (Å²) in [5.74, 6) is 1.56. The Morgan fingerprint density at radius 2 is 1.57 bits per heavy atom. The van der Waals surface area contributed by atoms with Gasteiger partial charge in [-0.05, 0) is 55.9 Å². The van der Waals surface area contributed by atoms with Crippen LogP contribution >= 0.6 is 34.8 Å². The second-order valence-electron chi connectivity index (χ2n) is 11.2. The molecule has 6 rings (SSSR count). The summed E-state index contributed by atoms with van der Waals surface area (Å²) in [4.78, 5) is 31.0. The molecule has 3 unspecified atom stereocenters. The van der Waals surface area contributed by atoms with Gasteiger partial charge in [-0.3, -0.25) is 9.59 Å². The predicted molar refractivity (Wildman–Crippen MR) is 160 cm³/mol. The average Bonchev–Trinajstić information content (AvgIpc) is 3.57. The van der Waals surface area contributed by atoms with E-state index in [9.17, 15) is 9.59 Å². The van der Waals surface area contributed by atoms with Crippen LogP contribution in [0.5, 0.6) is 11.5 Å². The lowest BCUT2D eigenvalue weighted by molar-refractivity contribution is -0.138. The number of likely N-dealkylation sites (tertiary alicyclic amines) is 2. The van der Waals surface area contributed by atoms with Crippen molar-refractivity contribution < 1.29 is 19.1 Å². The van der Waals surface area contributed by atoms with Crippen LogP contribution in [0.25, 0.3) is 5.69 Å². The molecule has 3 atom stereocenters. The van der Waals surface area contributed by atoms with Crippen molar-refractivity contribution in [3.05, 3.63) is 62.9 Å². The Kier molecular flexibility index (Phi) is 8.26. The molecule has 2 saturated heterocycles. The number of methoxy groups -OCH3 is 2. The number of rotatable bonds is 6. The SMILES string of the molecule is COc1cc(OC)cc(C(=O)N2CCC(C(=O)N3CC4CCCC3C4c3cn(-c4cc(Cl)c(Cl)cc4Cl)nn3)CC2)c1. The van der Waals surface area contributed by atoms with Gasteiger partial charge in [0.15, 0.2) is 0 Å². The van der Waals surface area contributed by atoms with E-state index < -0.39 is 0 Å². The molecule has 222 valence electrons. The van der Waals surface area contributed by atoms with Gasteiger partial charge >= 0.3 is 0 Å². The molecule has 0 spiro atoms. The third-order valence-electron chi connectivity index (χ3n) is 8.93. The largest absolute Gasteiger partial charge is 0.497 e. The van der Waals surface area contributed by atoms with E-state index in [0.717, 1.165) is 31.5 Å². The Balaban J connectivity index is 1.13. The average molecular weight is 633 g/mol. The van der Waals surface area contributed by atoms with Crippen molar-refractivity contribution >= 4 is 46.6 Å². The Bertz CT molecular complexity index is 1480. The van der Waals surface area contributed by atoms with Gasteiger partial charge in [0, 0.05) is 49.1 Å². The van der Waals surface area contributed by atoms with E-state index in [1.165, 1.54) is 0 Å². The van der Waals surface area contributed by atoms with Gasteiger partial charge in [0.25, 0.3) is 5.91 Å². The molecule has 2 bridgehead atoms. The smallest absolute Gasteiger partial charge is 0.254 e. The number of aromatic nitrogens is 3. The highest BCUT2D eigenvalue weighted by Crippen LogP contribution is 2.47. The van der Waals surface area contributed by atoms with Gasteiger partial charge in [-0.25, -0.2) is 4.68 Å². The van der Waals surface area contributed by atoms with E-state index in [4.69, 9.17) is 44.3 Å². The van der Waals surface area contributed by atoms with Gasteiger partial charge in [0.2, 0.25) is 5.91 Å². The molecule has 2 aromatic carbocycles. The number of piperidine rings is 1. The second-order valence-corrected chi connectivity index (χ2v) is 12.5. The maximum Gasteiger partial charge on any atom is 0.254 e. The van der Waals surface area contributed by atoms with Crippen molar-refractivity contribution in [3.63, 3.8) is 0 Å². The van der Waals surface area contributed by atoms with Crippen LogP contribution in [-0.4, -0.2) is 76.5 Å². The van der Waals surface area contributed by atoms with E-state index in [2.05, 4.69) is 15.2 Å². The summed E-state index contributed by atoms with van der Waals surface area (Å²) in [6.45, 7) is 1.77. The molecule has 2 amide bonds. The summed E-state index contributed by atoms with van der Waals surface area (Å²) in [5.41, 5.74) is 1.98. The number of hydrogen-bond donors (Lipinski definition) is 0. The molecule has 1 aromatic heterocycles. The minimum Gasteiger partial charge on any atom is -0.497 e. The molecule has 3 aliphatic rings. The minimum absolute atomic E-state index is 0.0783. The molecule has 2 aliphatic heterocycles. The van der Waals surface area contributed by atoms with E-state index in [0.29, 0.717) is 69.7 Å². The molecule has 12 heteroatoms. The van der Waals surface area contributed by atoms with Crippen molar-refractivity contribution in [2.75, 3.05) is 33.9 Å². The fraction of sp³-hybridized carbons (Fsp3) is 0.467. The standard InChI is InChI=1S/C30H32Cl3N5O4/c1-41-20-10-19(11-21(12-20)42-2)29(39)36-8-6-17(7-9-36)30(40)37-15-18-4-3-5-26(37)28(18)25-16-38(35-34-25)27-14-23(32)22(31)13-24(27)33/h10-14,16-18,26,28H,3-9,15H2,1-2H3. The number of ether oxygens (including phenoxy) is 2. The molecule has 3 aromatic rings. The molecule has 3 fully saturated rings. The number of halogens is 3. The molecule has 1 saturated carbocycles. The number of amides is 2. The third-order valence-corrected chi connectivity index (χ3v) is 9.96. The van der Waals surface area contributed by atoms with Crippen LogP contribution in [0.2, 0.25) is 15.1 Å². The summed E-state index contributed by atoms with van der Waals surface area (Å²) in [6, 6.07) is 8.53. The first-order valence-corrected chi connectivity index (χ1v) is 15.3. The number of fused-ring (bicyclic) bond motifs is 2. The molecule has 3 heterocycles. The summed E-state index contributed by atoms with van der Waals surface area (Å²) in [7, 11) is 3.12. The van der Waals surface area contributed by atoms with Gasteiger partial charge in [0.05, 0.1) is 46.9 Å². The van der Waals surface area contributed by atoms with Crippen molar-refractivity contribution in [1.82, 2.24) is 24.8 Å². The Labute approximate surface area is 259 Å². The van der Waals surface area contributed by atoms with E-state index in [1.54, 1.807) is 49.2 Å². The lowest BCUT2D eigenvalue weighted by Gasteiger charge is -2.36. The second kappa shape index (κ2) is 11.9. The van der Waals surface area contributed by atoms with Crippen LogP contribution in [0.4, 0.5) is 0 Å². The van der Waals surface area contributed by atoms with E-state index in [-0.39, 0.29) is 29.7 Å². The van der Waals surface area contributed by atoms with Crippen molar-refractivity contribution in [3.8, 4) is 17.2 Å². The molecule has 0 radical (unpaired) electrons. The maximum absolute atomic E-state index is 13.9. The molecule has 42 heavy (non-hydrogen) atoms. The zero-order valence-corrected chi connectivity index (χ0v) is 25.7. The molecular weight excluding hydrogens is 601 g/mol. The van der Waals surface area contributed by atoms with Gasteiger partial charge in [0.1, 0.15) is 11.5 Å². The highest BCUT2D eigenvalue weighted by atomic mass is 35.5. The van der Waals surface area contributed by atoms with Gasteiger partial charge in [-0.15, -0.1) is 5.10 Å². The van der Waals surface area contributed by atoms with Crippen LogP contribution in [-0.2, 0) is 4.79 Å². The fourth-order valence-electron chi connectivity index (χ4n) is 6.81. The monoisotopic (exact) mass is 631 g/mol. The van der Waals surface area contributed by atoms with E-state index >= 15 is 0 Å². The number of carbonyl (C=O) groups excluding carboxylic acids is 2. The molecule has 9 nitrogen and oxygen atoms in total. The van der Waals surface area contributed by atoms with Crippen LogP contribution in [0, 0.1) is 11.8 Å². The Morgan fingerprint density at radius 3 is 2.26 bits per heavy atom. The Hall–Kier alpha value is -3.01. The van der Waals surface area contributed by atoms with Gasteiger partial charge < -0.3 is 19.3 Å². The van der Waals surface area contributed by atoms with Gasteiger partial charge in [-0.2, -0.15) is 0 Å². The molecule has 1 aliphatic carbocycles. The highest BCUT2D eigenvalue weighted by Gasteiger charge is 2.49. The quantitative estimate of drug-likeness (QED) is 0.315. The third kappa shape index (κ3) is 5.42. The van der Waals surface area contributed by atoms with E-state index in [1.807, 2.05) is 11.1 Å². The predicted octanol–water partition coefficient (Wildman–Crippen LogP) is 5.89. The first kappa shape index (κ1) is 29.1. The maximum atomic E-state index is 13.9. The van der Waals surface area contributed by atoms with Crippen molar-refractivity contribution in [1.29, 1.82) is 0 Å².